The van der Waals surface area contributed by atoms with Gasteiger partial charge in [-0.1, -0.05) is 48.6 Å². The largest absolute Gasteiger partial charge is 0.497 e. The maximum atomic E-state index is 9.82. The Kier molecular flexibility index (Phi) is 5.44. The van der Waals surface area contributed by atoms with Crippen molar-refractivity contribution in [3.8, 4) is 11.8 Å². The molecule has 0 amide bonds. The van der Waals surface area contributed by atoms with Crippen molar-refractivity contribution in [2.45, 2.75) is 44.3 Å². The molecular formula is C23H25NO2. The van der Waals surface area contributed by atoms with E-state index < -0.39 is 5.41 Å². The standard InChI is InChI=1S/C23H25NO2/c1-17(2)22(26-15-18-7-5-4-6-8-18)11-12-23(16-24)14-19-13-20(25-3)9-10-21(19)23/h4-10,13,22H,1,11-12,14-15H2,2-3H3/t22-,23?/m0/s1. The molecule has 0 heterocycles. The summed E-state index contributed by atoms with van der Waals surface area (Å²) < 4.78 is 11.4. The fourth-order valence-electron chi connectivity index (χ4n) is 3.62. The van der Waals surface area contributed by atoms with Crippen LogP contribution in [0.15, 0.2) is 60.7 Å². The fraction of sp³-hybridized carbons (Fsp3) is 0.348. The van der Waals surface area contributed by atoms with E-state index in [2.05, 4.69) is 24.8 Å². The van der Waals surface area contributed by atoms with Gasteiger partial charge in [-0.15, -0.1) is 0 Å². The second-order valence-corrected chi connectivity index (χ2v) is 7.06. The second kappa shape index (κ2) is 7.76. The van der Waals surface area contributed by atoms with Crippen molar-refractivity contribution in [1.82, 2.24) is 0 Å². The van der Waals surface area contributed by atoms with Crippen molar-refractivity contribution in [2.75, 3.05) is 7.11 Å². The highest BCUT2D eigenvalue weighted by molar-refractivity contribution is 5.53. The lowest BCUT2D eigenvalue weighted by Gasteiger charge is -2.39. The number of ether oxygens (including phenoxy) is 2. The predicted molar refractivity (Wildman–Crippen MR) is 103 cm³/mol. The summed E-state index contributed by atoms with van der Waals surface area (Å²) in [4.78, 5) is 0. The van der Waals surface area contributed by atoms with E-state index in [1.165, 1.54) is 5.56 Å². The Labute approximate surface area is 155 Å². The van der Waals surface area contributed by atoms with Gasteiger partial charge in [0, 0.05) is 0 Å². The van der Waals surface area contributed by atoms with Crippen LogP contribution in [0.3, 0.4) is 0 Å². The summed E-state index contributed by atoms with van der Waals surface area (Å²) in [7, 11) is 1.67. The number of rotatable bonds is 8. The van der Waals surface area contributed by atoms with Gasteiger partial charge >= 0.3 is 0 Å². The van der Waals surface area contributed by atoms with E-state index in [0.717, 1.165) is 41.7 Å². The van der Waals surface area contributed by atoms with Gasteiger partial charge in [0.15, 0.2) is 0 Å². The van der Waals surface area contributed by atoms with Crippen LogP contribution in [0.4, 0.5) is 0 Å². The first-order valence-electron chi connectivity index (χ1n) is 8.97. The van der Waals surface area contributed by atoms with Gasteiger partial charge in [0.1, 0.15) is 5.75 Å². The molecule has 1 aliphatic rings. The third-order valence-electron chi connectivity index (χ3n) is 5.21. The normalized spacial score (nSPS) is 19.0. The lowest BCUT2D eigenvalue weighted by atomic mass is 9.62. The minimum atomic E-state index is -0.411. The molecule has 0 saturated carbocycles. The van der Waals surface area contributed by atoms with Gasteiger partial charge in [0.05, 0.1) is 31.3 Å². The van der Waals surface area contributed by atoms with E-state index in [0.29, 0.717) is 6.61 Å². The summed E-state index contributed by atoms with van der Waals surface area (Å²) in [5.74, 6) is 0.848. The quantitative estimate of drug-likeness (QED) is 0.634. The molecule has 2 aromatic rings. The molecule has 1 aliphatic carbocycles. The Bertz CT molecular complexity index is 822. The molecule has 0 aliphatic heterocycles. The maximum Gasteiger partial charge on any atom is 0.119 e. The number of fused-ring (bicyclic) bond motifs is 1. The molecular weight excluding hydrogens is 322 g/mol. The van der Waals surface area contributed by atoms with Gasteiger partial charge in [-0.3, -0.25) is 0 Å². The van der Waals surface area contributed by atoms with E-state index in [-0.39, 0.29) is 6.10 Å². The zero-order chi connectivity index (χ0) is 18.6. The molecule has 0 fully saturated rings. The smallest absolute Gasteiger partial charge is 0.119 e. The molecule has 0 N–H and O–H groups in total. The van der Waals surface area contributed by atoms with Crippen LogP contribution >= 0.6 is 0 Å². The lowest BCUT2D eigenvalue weighted by molar-refractivity contribution is 0.0541. The molecule has 2 aromatic carbocycles. The fourth-order valence-corrected chi connectivity index (χ4v) is 3.62. The number of hydrogen-bond acceptors (Lipinski definition) is 3. The molecule has 3 heteroatoms. The number of hydrogen-bond donors (Lipinski definition) is 0. The molecule has 0 aromatic heterocycles. The van der Waals surface area contributed by atoms with Gasteiger partial charge in [-0.2, -0.15) is 5.26 Å². The molecule has 0 bridgehead atoms. The number of nitrogens with zero attached hydrogens (tertiary/aromatic N) is 1. The molecule has 0 spiro atoms. The SMILES string of the molecule is C=C(C)[C@H](CCC1(C#N)Cc2cc(OC)ccc21)OCc1ccccc1. The van der Waals surface area contributed by atoms with E-state index >= 15 is 0 Å². The van der Waals surface area contributed by atoms with Crippen LogP contribution in [0.1, 0.15) is 36.5 Å². The Balaban J connectivity index is 1.64. The summed E-state index contributed by atoms with van der Waals surface area (Å²) >= 11 is 0. The van der Waals surface area contributed by atoms with E-state index in [9.17, 15) is 5.26 Å². The van der Waals surface area contributed by atoms with Crippen LogP contribution in [0.2, 0.25) is 0 Å². The van der Waals surface area contributed by atoms with E-state index in [4.69, 9.17) is 9.47 Å². The van der Waals surface area contributed by atoms with Crippen molar-refractivity contribution in [2.24, 2.45) is 0 Å². The van der Waals surface area contributed by atoms with Crippen LogP contribution in [0.5, 0.6) is 5.75 Å². The highest BCUT2D eigenvalue weighted by atomic mass is 16.5. The summed E-state index contributed by atoms with van der Waals surface area (Å²) in [6.07, 6.45) is 2.30. The Hall–Kier alpha value is -2.57. The second-order valence-electron chi connectivity index (χ2n) is 7.06. The average molecular weight is 347 g/mol. The number of nitriles is 1. The maximum absolute atomic E-state index is 9.82. The van der Waals surface area contributed by atoms with Crippen LogP contribution in [0, 0.1) is 11.3 Å². The Morgan fingerprint density at radius 1 is 1.27 bits per heavy atom. The topological polar surface area (TPSA) is 42.2 Å². The zero-order valence-corrected chi connectivity index (χ0v) is 15.5. The van der Waals surface area contributed by atoms with E-state index in [1.54, 1.807) is 7.11 Å². The first-order valence-corrected chi connectivity index (χ1v) is 8.97. The first-order chi connectivity index (χ1) is 12.6. The van der Waals surface area contributed by atoms with E-state index in [1.807, 2.05) is 43.3 Å². The molecule has 0 radical (unpaired) electrons. The summed E-state index contributed by atoms with van der Waals surface area (Å²) in [6.45, 7) is 6.64. The monoisotopic (exact) mass is 347 g/mol. The van der Waals surface area contributed by atoms with Gasteiger partial charge in [0.25, 0.3) is 0 Å². The van der Waals surface area contributed by atoms with Crippen molar-refractivity contribution < 1.29 is 9.47 Å². The highest BCUT2D eigenvalue weighted by Crippen LogP contribution is 2.46. The summed E-state index contributed by atoms with van der Waals surface area (Å²) in [5, 5.41) is 9.82. The van der Waals surface area contributed by atoms with Gasteiger partial charge in [-0.25, -0.2) is 0 Å². The van der Waals surface area contributed by atoms with Crippen LogP contribution < -0.4 is 4.74 Å². The van der Waals surface area contributed by atoms with Crippen LogP contribution in [0.25, 0.3) is 0 Å². The van der Waals surface area contributed by atoms with Crippen LogP contribution in [-0.4, -0.2) is 13.2 Å². The first kappa shape index (κ1) is 18.2. The number of benzene rings is 2. The summed E-state index contributed by atoms with van der Waals surface area (Å²) in [5.41, 5.74) is 4.08. The highest BCUT2D eigenvalue weighted by Gasteiger charge is 2.43. The predicted octanol–water partition coefficient (Wildman–Crippen LogP) is 4.95. The van der Waals surface area contributed by atoms with Crippen molar-refractivity contribution in [1.29, 1.82) is 5.26 Å². The summed E-state index contributed by atoms with van der Waals surface area (Å²) in [6, 6.07) is 18.7. The number of methoxy groups -OCH3 is 1. The zero-order valence-electron chi connectivity index (χ0n) is 15.5. The molecule has 2 atom stereocenters. The molecule has 134 valence electrons. The van der Waals surface area contributed by atoms with Crippen molar-refractivity contribution in [3.63, 3.8) is 0 Å². The Morgan fingerprint density at radius 2 is 2.04 bits per heavy atom. The van der Waals surface area contributed by atoms with Crippen molar-refractivity contribution >= 4 is 0 Å². The third kappa shape index (κ3) is 3.66. The molecule has 3 nitrogen and oxygen atoms in total. The van der Waals surface area contributed by atoms with Crippen molar-refractivity contribution in [3.05, 3.63) is 77.4 Å². The minimum Gasteiger partial charge on any atom is -0.497 e. The molecule has 1 unspecified atom stereocenters. The third-order valence-corrected chi connectivity index (χ3v) is 5.21. The van der Waals surface area contributed by atoms with Gasteiger partial charge < -0.3 is 9.47 Å². The van der Waals surface area contributed by atoms with Gasteiger partial charge in [-0.05, 0) is 55.0 Å². The molecule has 0 saturated heterocycles. The average Bonchev–Trinajstić information content (AvgIpc) is 2.65. The Morgan fingerprint density at radius 3 is 2.65 bits per heavy atom. The molecule has 26 heavy (non-hydrogen) atoms. The van der Waals surface area contributed by atoms with Gasteiger partial charge in [0.2, 0.25) is 0 Å². The van der Waals surface area contributed by atoms with Crippen LogP contribution in [-0.2, 0) is 23.2 Å². The lowest BCUT2D eigenvalue weighted by Crippen LogP contribution is -2.38. The minimum absolute atomic E-state index is 0.0391. The molecule has 3 rings (SSSR count).